The third-order valence-electron chi connectivity index (χ3n) is 4.23. The molecule has 1 saturated heterocycles. The Labute approximate surface area is 114 Å². The molecule has 0 spiro atoms. The van der Waals surface area contributed by atoms with E-state index in [1.807, 2.05) is 32.5 Å². The number of carbonyl (C=O) groups excluding carboxylic acids is 1. The number of likely N-dealkylation sites (tertiary alicyclic amines) is 1. The zero-order valence-corrected chi connectivity index (χ0v) is 12.2. The van der Waals surface area contributed by atoms with E-state index in [4.69, 9.17) is 0 Å². The molecule has 1 aromatic rings. The van der Waals surface area contributed by atoms with Gasteiger partial charge in [-0.3, -0.25) is 9.48 Å². The predicted molar refractivity (Wildman–Crippen MR) is 72.8 cm³/mol. The summed E-state index contributed by atoms with van der Waals surface area (Å²) in [7, 11) is 1.92. The molecule has 0 atom stereocenters. The molecule has 1 amide bonds. The van der Waals surface area contributed by atoms with Gasteiger partial charge in [0.1, 0.15) is 0 Å². The molecule has 2 rings (SSSR count). The Kier molecular flexibility index (Phi) is 3.67. The van der Waals surface area contributed by atoms with E-state index in [2.05, 4.69) is 5.10 Å². The van der Waals surface area contributed by atoms with Gasteiger partial charge in [0.2, 0.25) is 5.91 Å². The molecule has 1 aliphatic rings. The Bertz CT molecular complexity index is 487. The van der Waals surface area contributed by atoms with Crippen molar-refractivity contribution in [1.29, 1.82) is 0 Å². The maximum absolute atomic E-state index is 12.0. The maximum Gasteiger partial charge on any atom is 0.223 e. The van der Waals surface area contributed by atoms with Gasteiger partial charge in [0.25, 0.3) is 0 Å². The zero-order valence-electron chi connectivity index (χ0n) is 12.2. The third-order valence-corrected chi connectivity index (χ3v) is 4.23. The van der Waals surface area contributed by atoms with Gasteiger partial charge in [-0.1, -0.05) is 6.92 Å². The first-order valence-electron chi connectivity index (χ1n) is 6.85. The van der Waals surface area contributed by atoms with Gasteiger partial charge in [0.05, 0.1) is 24.4 Å². The van der Waals surface area contributed by atoms with Crippen LogP contribution in [0.5, 0.6) is 0 Å². The van der Waals surface area contributed by atoms with E-state index in [9.17, 15) is 9.90 Å². The molecule has 5 heteroatoms. The summed E-state index contributed by atoms with van der Waals surface area (Å²) in [5, 5.41) is 14.3. The largest absolute Gasteiger partial charge is 0.386 e. The lowest BCUT2D eigenvalue weighted by atomic mass is 9.91. The minimum Gasteiger partial charge on any atom is -0.386 e. The third kappa shape index (κ3) is 2.66. The SMILES string of the molecule is CCC1(O)CN(C(=O)CCc2c(C)nn(C)c2C)C1. The van der Waals surface area contributed by atoms with Crippen molar-refractivity contribution in [1.82, 2.24) is 14.7 Å². The van der Waals surface area contributed by atoms with Crippen molar-refractivity contribution in [3.05, 3.63) is 17.0 Å². The number of aryl methyl sites for hydroxylation is 2. The second-order valence-corrected chi connectivity index (χ2v) is 5.60. The maximum atomic E-state index is 12.0. The van der Waals surface area contributed by atoms with Gasteiger partial charge in [0, 0.05) is 19.2 Å². The van der Waals surface area contributed by atoms with Crippen molar-refractivity contribution in [3.8, 4) is 0 Å². The van der Waals surface area contributed by atoms with Crippen molar-refractivity contribution < 1.29 is 9.90 Å². The summed E-state index contributed by atoms with van der Waals surface area (Å²) in [5.41, 5.74) is 2.65. The normalized spacial score (nSPS) is 17.4. The molecule has 2 heterocycles. The molecular formula is C14H23N3O2. The van der Waals surface area contributed by atoms with Crippen LogP contribution in [0.2, 0.25) is 0 Å². The summed E-state index contributed by atoms with van der Waals surface area (Å²) in [4.78, 5) is 13.8. The molecular weight excluding hydrogens is 242 g/mol. The second-order valence-electron chi connectivity index (χ2n) is 5.60. The van der Waals surface area contributed by atoms with Crippen LogP contribution >= 0.6 is 0 Å². The van der Waals surface area contributed by atoms with Crippen LogP contribution in [-0.4, -0.2) is 44.4 Å². The van der Waals surface area contributed by atoms with Crippen LogP contribution in [0.4, 0.5) is 0 Å². The number of carbonyl (C=O) groups is 1. The smallest absolute Gasteiger partial charge is 0.223 e. The number of hydrogen-bond donors (Lipinski definition) is 1. The van der Waals surface area contributed by atoms with Gasteiger partial charge >= 0.3 is 0 Å². The highest BCUT2D eigenvalue weighted by Crippen LogP contribution is 2.25. The number of rotatable bonds is 4. The fraction of sp³-hybridized carbons (Fsp3) is 0.714. The fourth-order valence-electron chi connectivity index (χ4n) is 2.63. The molecule has 1 aromatic heterocycles. The number of aliphatic hydroxyl groups is 1. The highest BCUT2D eigenvalue weighted by molar-refractivity contribution is 5.77. The van der Waals surface area contributed by atoms with E-state index in [-0.39, 0.29) is 5.91 Å². The Morgan fingerprint density at radius 1 is 1.42 bits per heavy atom. The summed E-state index contributed by atoms with van der Waals surface area (Å²) < 4.78 is 1.86. The molecule has 0 aliphatic carbocycles. The van der Waals surface area contributed by atoms with Crippen molar-refractivity contribution in [2.45, 2.75) is 45.6 Å². The Hall–Kier alpha value is -1.36. The van der Waals surface area contributed by atoms with E-state index >= 15 is 0 Å². The first-order valence-corrected chi connectivity index (χ1v) is 6.85. The highest BCUT2D eigenvalue weighted by atomic mass is 16.3. The predicted octanol–water partition coefficient (Wildman–Crippen LogP) is 0.953. The molecule has 19 heavy (non-hydrogen) atoms. The summed E-state index contributed by atoms with van der Waals surface area (Å²) in [5.74, 6) is 0.126. The lowest BCUT2D eigenvalue weighted by Crippen LogP contribution is -2.63. The first-order chi connectivity index (χ1) is 8.86. The molecule has 1 N–H and O–H groups in total. The monoisotopic (exact) mass is 265 g/mol. The highest BCUT2D eigenvalue weighted by Gasteiger charge is 2.41. The van der Waals surface area contributed by atoms with Gasteiger partial charge in [-0.05, 0) is 32.3 Å². The van der Waals surface area contributed by atoms with Crippen LogP contribution in [0, 0.1) is 13.8 Å². The summed E-state index contributed by atoms with van der Waals surface area (Å²) >= 11 is 0. The Morgan fingerprint density at radius 2 is 2.05 bits per heavy atom. The Morgan fingerprint density at radius 3 is 2.53 bits per heavy atom. The minimum atomic E-state index is -0.643. The molecule has 0 radical (unpaired) electrons. The molecule has 0 bridgehead atoms. The van der Waals surface area contributed by atoms with Crippen molar-refractivity contribution in [2.75, 3.05) is 13.1 Å². The van der Waals surface area contributed by atoms with Crippen LogP contribution in [0.25, 0.3) is 0 Å². The van der Waals surface area contributed by atoms with Crippen LogP contribution < -0.4 is 0 Å². The standard InChI is InChI=1S/C14H23N3O2/c1-5-14(19)8-17(9-14)13(18)7-6-12-10(2)15-16(4)11(12)3/h19H,5-9H2,1-4H3. The molecule has 1 aliphatic heterocycles. The average Bonchev–Trinajstić information content (AvgIpc) is 2.57. The quantitative estimate of drug-likeness (QED) is 0.882. The van der Waals surface area contributed by atoms with Crippen molar-refractivity contribution in [3.63, 3.8) is 0 Å². The lowest BCUT2D eigenvalue weighted by Gasteiger charge is -2.46. The average molecular weight is 265 g/mol. The van der Waals surface area contributed by atoms with E-state index < -0.39 is 5.60 Å². The first kappa shape index (κ1) is 14.1. The lowest BCUT2D eigenvalue weighted by molar-refractivity contribution is -0.155. The summed E-state index contributed by atoms with van der Waals surface area (Å²) in [6.45, 7) is 6.91. The van der Waals surface area contributed by atoms with Crippen LogP contribution in [0.1, 0.15) is 36.7 Å². The molecule has 0 aromatic carbocycles. The summed E-state index contributed by atoms with van der Waals surface area (Å²) in [6, 6.07) is 0. The number of hydrogen-bond acceptors (Lipinski definition) is 3. The fourth-order valence-corrected chi connectivity index (χ4v) is 2.63. The van der Waals surface area contributed by atoms with Gasteiger partial charge in [-0.15, -0.1) is 0 Å². The molecule has 0 saturated carbocycles. The zero-order chi connectivity index (χ0) is 14.2. The van der Waals surface area contributed by atoms with Crippen molar-refractivity contribution in [2.24, 2.45) is 7.05 Å². The van der Waals surface area contributed by atoms with Crippen LogP contribution in [0.15, 0.2) is 0 Å². The van der Waals surface area contributed by atoms with E-state index in [1.165, 1.54) is 5.56 Å². The summed E-state index contributed by atoms with van der Waals surface area (Å²) in [6.07, 6.45) is 1.93. The molecule has 5 nitrogen and oxygen atoms in total. The number of amides is 1. The molecule has 1 fully saturated rings. The topological polar surface area (TPSA) is 58.4 Å². The number of β-amino-alcohol motifs (C(OH)–C–C–N with tert-alkyl or cyclic N) is 1. The van der Waals surface area contributed by atoms with Crippen molar-refractivity contribution >= 4 is 5.91 Å². The second kappa shape index (κ2) is 4.96. The van der Waals surface area contributed by atoms with Gasteiger partial charge in [-0.25, -0.2) is 0 Å². The molecule has 0 unspecified atom stereocenters. The minimum absolute atomic E-state index is 0.126. The van der Waals surface area contributed by atoms with Crippen LogP contribution in [0.3, 0.4) is 0 Å². The number of nitrogens with zero attached hydrogens (tertiary/aromatic N) is 3. The van der Waals surface area contributed by atoms with E-state index in [1.54, 1.807) is 4.90 Å². The van der Waals surface area contributed by atoms with Gasteiger partial charge < -0.3 is 10.0 Å². The van der Waals surface area contributed by atoms with Gasteiger partial charge in [0.15, 0.2) is 0 Å². The number of aromatic nitrogens is 2. The van der Waals surface area contributed by atoms with Gasteiger partial charge in [-0.2, -0.15) is 5.10 Å². The van der Waals surface area contributed by atoms with E-state index in [0.29, 0.717) is 25.9 Å². The molecule has 106 valence electrons. The van der Waals surface area contributed by atoms with E-state index in [0.717, 1.165) is 17.8 Å². The van der Waals surface area contributed by atoms with Crippen LogP contribution in [-0.2, 0) is 18.3 Å². The Balaban J connectivity index is 1.88.